The van der Waals surface area contributed by atoms with E-state index in [9.17, 15) is 10.2 Å². The predicted molar refractivity (Wildman–Crippen MR) is 103 cm³/mol. The molecule has 0 bridgehead atoms. The number of aromatic hydroxyl groups is 1. The van der Waals surface area contributed by atoms with Gasteiger partial charge in [-0.2, -0.15) is 0 Å². The highest BCUT2D eigenvalue weighted by molar-refractivity contribution is 5.52. The molecule has 3 nitrogen and oxygen atoms in total. The van der Waals surface area contributed by atoms with Gasteiger partial charge in [0.15, 0.2) is 6.79 Å². The van der Waals surface area contributed by atoms with Crippen LogP contribution in [0.3, 0.4) is 0 Å². The molecule has 1 aliphatic rings. The lowest BCUT2D eigenvalue weighted by molar-refractivity contribution is 0.0967. The summed E-state index contributed by atoms with van der Waals surface area (Å²) in [6.07, 6.45) is 8.63. The van der Waals surface area contributed by atoms with E-state index in [0.29, 0.717) is 5.75 Å². The molecule has 0 amide bonds. The lowest BCUT2D eigenvalue weighted by Crippen LogP contribution is -2.18. The van der Waals surface area contributed by atoms with Gasteiger partial charge >= 0.3 is 0 Å². The zero-order valence-corrected chi connectivity index (χ0v) is 15.8. The van der Waals surface area contributed by atoms with Crippen LogP contribution in [0.2, 0.25) is 0 Å². The topological polar surface area (TPSA) is 49.7 Å². The molecule has 0 aromatic heterocycles. The number of hydrogen-bond acceptors (Lipinski definition) is 3. The molecular formula is C22H32O3. The van der Waals surface area contributed by atoms with E-state index < -0.39 is 6.79 Å². The van der Waals surface area contributed by atoms with Crippen LogP contribution in [0.4, 0.5) is 0 Å². The van der Waals surface area contributed by atoms with Crippen LogP contribution < -0.4 is 4.74 Å². The maximum atomic E-state index is 10.8. The molecule has 2 atom stereocenters. The number of aryl methyl sites for hydroxylation is 1. The SMILES string of the molecule is C=C(C)[C@H]1CCC(C)=C[C@@H]1c1c(O)cc(CCCCC)cc1OCO. The third-order valence-electron chi connectivity index (χ3n) is 5.18. The second-order valence-electron chi connectivity index (χ2n) is 7.29. The zero-order chi connectivity index (χ0) is 18.4. The van der Waals surface area contributed by atoms with Crippen LogP contribution >= 0.6 is 0 Å². The molecule has 1 aliphatic carbocycles. The second-order valence-corrected chi connectivity index (χ2v) is 7.29. The van der Waals surface area contributed by atoms with Gasteiger partial charge in [0.25, 0.3) is 0 Å². The van der Waals surface area contributed by atoms with Gasteiger partial charge in [-0.1, -0.05) is 43.6 Å². The summed E-state index contributed by atoms with van der Waals surface area (Å²) in [5.74, 6) is 1.18. The molecule has 1 aromatic carbocycles. The van der Waals surface area contributed by atoms with Crippen molar-refractivity contribution in [3.8, 4) is 11.5 Å². The molecule has 0 spiro atoms. The fourth-order valence-corrected chi connectivity index (χ4v) is 3.82. The summed E-state index contributed by atoms with van der Waals surface area (Å²) >= 11 is 0. The number of phenols is 1. The van der Waals surface area contributed by atoms with Gasteiger partial charge in [-0.05, 0) is 63.1 Å². The Morgan fingerprint density at radius 2 is 2.08 bits per heavy atom. The van der Waals surface area contributed by atoms with Gasteiger partial charge in [-0.15, -0.1) is 0 Å². The van der Waals surface area contributed by atoms with Crippen LogP contribution in [-0.2, 0) is 6.42 Å². The van der Waals surface area contributed by atoms with E-state index in [1.807, 2.05) is 12.1 Å². The van der Waals surface area contributed by atoms with Gasteiger partial charge in [0.1, 0.15) is 11.5 Å². The van der Waals surface area contributed by atoms with Gasteiger partial charge in [0, 0.05) is 11.5 Å². The Balaban J connectivity index is 2.43. The molecule has 2 rings (SSSR count). The highest BCUT2D eigenvalue weighted by Crippen LogP contribution is 2.46. The van der Waals surface area contributed by atoms with Crippen LogP contribution in [0.1, 0.15) is 69.9 Å². The number of unbranched alkanes of at least 4 members (excludes halogenated alkanes) is 2. The molecule has 0 saturated heterocycles. The first kappa shape index (κ1) is 19.6. The quantitative estimate of drug-likeness (QED) is 0.373. The summed E-state index contributed by atoms with van der Waals surface area (Å²) in [6, 6.07) is 3.84. The van der Waals surface area contributed by atoms with E-state index in [4.69, 9.17) is 4.74 Å². The Hall–Kier alpha value is -1.74. The minimum absolute atomic E-state index is 0.0393. The summed E-state index contributed by atoms with van der Waals surface area (Å²) in [5.41, 5.74) is 4.28. The van der Waals surface area contributed by atoms with Crippen molar-refractivity contribution in [3.63, 3.8) is 0 Å². The Labute approximate surface area is 152 Å². The fraction of sp³-hybridized carbons (Fsp3) is 0.545. The Kier molecular flexibility index (Phi) is 7.12. The number of rotatable bonds is 8. The largest absolute Gasteiger partial charge is 0.507 e. The van der Waals surface area contributed by atoms with Crippen molar-refractivity contribution in [2.24, 2.45) is 5.92 Å². The molecule has 0 heterocycles. The van der Waals surface area contributed by atoms with Crippen molar-refractivity contribution in [1.29, 1.82) is 0 Å². The molecule has 0 fully saturated rings. The summed E-state index contributed by atoms with van der Waals surface area (Å²) in [7, 11) is 0. The molecule has 1 aromatic rings. The van der Waals surface area contributed by atoms with Gasteiger partial charge < -0.3 is 14.9 Å². The monoisotopic (exact) mass is 344 g/mol. The maximum Gasteiger partial charge on any atom is 0.186 e. The molecule has 0 unspecified atom stereocenters. The van der Waals surface area contributed by atoms with Crippen molar-refractivity contribution >= 4 is 0 Å². The highest BCUT2D eigenvalue weighted by atomic mass is 16.6. The smallest absolute Gasteiger partial charge is 0.186 e. The van der Waals surface area contributed by atoms with E-state index in [1.54, 1.807) is 0 Å². The van der Waals surface area contributed by atoms with Gasteiger partial charge in [-0.3, -0.25) is 0 Å². The van der Waals surface area contributed by atoms with E-state index in [0.717, 1.165) is 48.8 Å². The van der Waals surface area contributed by atoms with Gasteiger partial charge in [0.2, 0.25) is 0 Å². The molecule has 25 heavy (non-hydrogen) atoms. The molecule has 2 N–H and O–H groups in total. The van der Waals surface area contributed by atoms with E-state index in [-0.39, 0.29) is 17.6 Å². The molecular weight excluding hydrogens is 312 g/mol. The number of ether oxygens (including phenoxy) is 1. The number of phenolic OH excluding ortho intramolecular Hbond substituents is 1. The van der Waals surface area contributed by atoms with E-state index >= 15 is 0 Å². The first-order valence-electron chi connectivity index (χ1n) is 9.40. The van der Waals surface area contributed by atoms with Crippen LogP contribution in [-0.4, -0.2) is 17.0 Å². The first-order chi connectivity index (χ1) is 12.0. The summed E-state index contributed by atoms with van der Waals surface area (Å²) < 4.78 is 5.52. The lowest BCUT2D eigenvalue weighted by Gasteiger charge is -2.32. The number of allylic oxidation sites excluding steroid dienone is 3. The highest BCUT2D eigenvalue weighted by Gasteiger charge is 2.30. The third kappa shape index (κ3) is 4.88. The number of aliphatic hydroxyl groups is 1. The summed E-state index contributed by atoms with van der Waals surface area (Å²) in [4.78, 5) is 0. The average Bonchev–Trinajstić information content (AvgIpc) is 2.55. The lowest BCUT2D eigenvalue weighted by atomic mass is 9.73. The molecule has 0 aliphatic heterocycles. The Morgan fingerprint density at radius 1 is 1.32 bits per heavy atom. The first-order valence-corrected chi connectivity index (χ1v) is 9.40. The second kappa shape index (κ2) is 9.10. The summed E-state index contributed by atoms with van der Waals surface area (Å²) in [6.45, 7) is 10.1. The standard InChI is InChI=1S/C22H32O3/c1-5-6-7-8-17-12-20(24)22(21(13-17)25-14-23)19-11-16(4)9-10-18(19)15(2)3/h11-13,18-19,23-24H,2,5-10,14H2,1,3-4H3/t18-,19+/m1/s1. The fourth-order valence-electron chi connectivity index (χ4n) is 3.82. The van der Waals surface area contributed by atoms with Crippen molar-refractivity contribution in [2.45, 2.75) is 65.2 Å². The summed E-state index contributed by atoms with van der Waals surface area (Å²) in [5, 5.41) is 20.1. The third-order valence-corrected chi connectivity index (χ3v) is 5.18. The molecule has 0 radical (unpaired) electrons. The number of aliphatic hydroxyl groups excluding tert-OH is 1. The number of benzene rings is 1. The number of hydrogen-bond donors (Lipinski definition) is 2. The van der Waals surface area contributed by atoms with Crippen LogP contribution in [0.5, 0.6) is 11.5 Å². The van der Waals surface area contributed by atoms with Crippen LogP contribution in [0.15, 0.2) is 35.9 Å². The maximum absolute atomic E-state index is 10.8. The van der Waals surface area contributed by atoms with Gasteiger partial charge in [-0.25, -0.2) is 0 Å². The predicted octanol–water partition coefficient (Wildman–Crippen LogP) is 5.47. The Morgan fingerprint density at radius 3 is 2.72 bits per heavy atom. The van der Waals surface area contributed by atoms with E-state index in [1.165, 1.54) is 12.0 Å². The average molecular weight is 344 g/mol. The van der Waals surface area contributed by atoms with Crippen molar-refractivity contribution in [2.75, 3.05) is 6.79 Å². The van der Waals surface area contributed by atoms with Crippen molar-refractivity contribution in [1.82, 2.24) is 0 Å². The zero-order valence-electron chi connectivity index (χ0n) is 15.8. The molecule has 138 valence electrons. The van der Waals surface area contributed by atoms with Crippen molar-refractivity contribution < 1.29 is 14.9 Å². The van der Waals surface area contributed by atoms with Crippen LogP contribution in [0.25, 0.3) is 0 Å². The van der Waals surface area contributed by atoms with Gasteiger partial charge in [0.05, 0.1) is 0 Å². The van der Waals surface area contributed by atoms with Crippen LogP contribution in [0, 0.1) is 5.92 Å². The Bertz CT molecular complexity index is 630. The van der Waals surface area contributed by atoms with Crippen molar-refractivity contribution in [3.05, 3.63) is 47.1 Å². The molecule has 0 saturated carbocycles. The minimum atomic E-state index is -0.391. The normalized spacial score (nSPS) is 20.2. The van der Waals surface area contributed by atoms with E-state index in [2.05, 4.69) is 33.4 Å². The molecule has 3 heteroatoms. The minimum Gasteiger partial charge on any atom is -0.507 e.